The number of carbonyl (C=O) groups is 1. The molecule has 1 amide bonds. The number of nitrogens with zero attached hydrogens (tertiary/aromatic N) is 3. The number of rotatable bonds is 9. The Labute approximate surface area is 182 Å². The van der Waals surface area contributed by atoms with Crippen molar-refractivity contribution in [1.82, 2.24) is 15.2 Å². The second-order valence-corrected chi connectivity index (χ2v) is 7.30. The minimum atomic E-state index is -0.442. The molecule has 0 bridgehead atoms. The number of aromatic nitrogens is 2. The molecule has 0 saturated carbocycles. The normalized spacial score (nSPS) is 11.9. The summed E-state index contributed by atoms with van der Waals surface area (Å²) < 4.78 is 1.30. The van der Waals surface area contributed by atoms with Crippen molar-refractivity contribution in [3.63, 3.8) is 0 Å². The minimum Gasteiger partial charge on any atom is -0.267 e. The zero-order chi connectivity index (χ0) is 22.1. The summed E-state index contributed by atoms with van der Waals surface area (Å²) in [7, 11) is 0. The average Bonchev–Trinajstić information content (AvgIpc) is 2.80. The molecule has 0 fully saturated rings. The van der Waals surface area contributed by atoms with E-state index in [1.54, 1.807) is 30.5 Å². The first-order valence-corrected chi connectivity index (χ1v) is 10.7. The zero-order valence-electron chi connectivity index (χ0n) is 18.0. The van der Waals surface area contributed by atoms with Crippen LogP contribution in [-0.2, 0) is 6.54 Å². The highest BCUT2D eigenvalue weighted by atomic mass is 16.2. The number of hydrazone groups is 1. The van der Waals surface area contributed by atoms with Crippen molar-refractivity contribution in [3.05, 3.63) is 81.8 Å². The topological polar surface area (TPSA) is 76.3 Å². The van der Waals surface area contributed by atoms with Gasteiger partial charge in [-0.15, -0.1) is 0 Å². The van der Waals surface area contributed by atoms with Gasteiger partial charge in [-0.2, -0.15) is 10.2 Å². The fraction of sp³-hybridized carbons (Fsp3) is 0.280. The molecule has 1 aromatic heterocycles. The molecule has 1 heterocycles. The minimum absolute atomic E-state index is 0.189. The van der Waals surface area contributed by atoms with Gasteiger partial charge in [-0.25, -0.2) is 10.1 Å². The van der Waals surface area contributed by atoms with Crippen molar-refractivity contribution in [2.75, 3.05) is 0 Å². The molecule has 3 rings (SSSR count). The Kier molecular flexibility index (Phi) is 7.87. The van der Waals surface area contributed by atoms with Gasteiger partial charge in [-0.05, 0) is 37.0 Å². The van der Waals surface area contributed by atoms with Crippen LogP contribution in [-0.4, -0.2) is 21.9 Å². The summed E-state index contributed by atoms with van der Waals surface area (Å²) in [4.78, 5) is 25.3. The molecule has 3 aromatic rings. The molecule has 6 nitrogen and oxygen atoms in total. The lowest BCUT2D eigenvalue weighted by Crippen LogP contribution is -2.28. The number of aryl methyl sites for hydroxylation is 1. The molecule has 0 saturated heterocycles. The molecule has 2 aromatic carbocycles. The first-order valence-electron chi connectivity index (χ1n) is 10.7. The summed E-state index contributed by atoms with van der Waals surface area (Å²) in [6, 6.07) is 17.0. The van der Waals surface area contributed by atoms with E-state index in [0.29, 0.717) is 17.3 Å². The Bertz CT molecular complexity index is 1150. The third-order valence-corrected chi connectivity index (χ3v) is 5.00. The van der Waals surface area contributed by atoms with Crippen LogP contribution < -0.4 is 11.0 Å². The van der Waals surface area contributed by atoms with E-state index in [2.05, 4.69) is 28.6 Å². The maximum atomic E-state index is 12.8. The van der Waals surface area contributed by atoms with Crippen LogP contribution in [0.1, 0.15) is 55.6 Å². The van der Waals surface area contributed by atoms with Gasteiger partial charge in [0.25, 0.3) is 11.5 Å². The van der Waals surface area contributed by atoms with E-state index in [1.807, 2.05) is 37.3 Å². The van der Waals surface area contributed by atoms with Crippen LogP contribution in [0, 0.1) is 0 Å². The molecule has 0 aliphatic rings. The lowest BCUT2D eigenvalue weighted by Gasteiger charge is -2.08. The van der Waals surface area contributed by atoms with Crippen LogP contribution in [0.5, 0.6) is 0 Å². The third kappa shape index (κ3) is 5.75. The number of amides is 1. The molecule has 0 aliphatic carbocycles. The predicted octanol–water partition coefficient (Wildman–Crippen LogP) is 4.80. The summed E-state index contributed by atoms with van der Waals surface area (Å²) in [6.07, 6.45) is 7.99. The highest BCUT2D eigenvalue weighted by Gasteiger charge is 2.15. The number of nitrogens with one attached hydrogen (secondary N) is 1. The van der Waals surface area contributed by atoms with E-state index in [0.717, 1.165) is 36.8 Å². The van der Waals surface area contributed by atoms with E-state index in [9.17, 15) is 9.59 Å². The highest BCUT2D eigenvalue weighted by molar-refractivity contribution is 6.05. The number of unbranched alkanes of at least 4 members (excludes halogenated alkanes) is 2. The monoisotopic (exact) mass is 416 g/mol. The van der Waals surface area contributed by atoms with E-state index in [-0.39, 0.29) is 11.3 Å². The fourth-order valence-electron chi connectivity index (χ4n) is 3.36. The van der Waals surface area contributed by atoms with E-state index >= 15 is 0 Å². The average molecular weight is 417 g/mol. The van der Waals surface area contributed by atoms with Crippen molar-refractivity contribution in [2.45, 2.75) is 46.1 Å². The van der Waals surface area contributed by atoms with Gasteiger partial charge in [0.05, 0.1) is 11.6 Å². The van der Waals surface area contributed by atoms with E-state index in [4.69, 9.17) is 0 Å². The van der Waals surface area contributed by atoms with Gasteiger partial charge in [0.1, 0.15) is 0 Å². The number of allylic oxidation sites excluding steroid dienone is 1. The predicted molar refractivity (Wildman–Crippen MR) is 126 cm³/mol. The maximum absolute atomic E-state index is 12.8. The summed E-state index contributed by atoms with van der Waals surface area (Å²) in [5.41, 5.74) is 4.69. The summed E-state index contributed by atoms with van der Waals surface area (Å²) in [6.45, 7) is 4.37. The smallest absolute Gasteiger partial charge is 0.267 e. The SMILES string of the molecule is CCCCCC(/C=N\NC(=O)c1nn(CC)c(=O)c2ccccc12)=C\c1ccccc1. The second kappa shape index (κ2) is 11.0. The Morgan fingerprint density at radius 2 is 1.74 bits per heavy atom. The summed E-state index contributed by atoms with van der Waals surface area (Å²) in [5.74, 6) is -0.442. The summed E-state index contributed by atoms with van der Waals surface area (Å²) >= 11 is 0. The largest absolute Gasteiger partial charge is 0.292 e. The van der Waals surface area contributed by atoms with Gasteiger partial charge < -0.3 is 0 Å². The molecule has 160 valence electrons. The van der Waals surface area contributed by atoms with Gasteiger partial charge in [0, 0.05) is 11.9 Å². The number of carbonyl (C=O) groups excluding carboxylic acids is 1. The Morgan fingerprint density at radius 1 is 1.03 bits per heavy atom. The van der Waals surface area contributed by atoms with Crippen LogP contribution in [0.4, 0.5) is 0 Å². The third-order valence-electron chi connectivity index (χ3n) is 5.00. The highest BCUT2D eigenvalue weighted by Crippen LogP contribution is 2.14. The Balaban J connectivity index is 1.83. The Morgan fingerprint density at radius 3 is 2.45 bits per heavy atom. The molecule has 6 heteroatoms. The quantitative estimate of drug-likeness (QED) is 0.309. The molecule has 0 aliphatic heterocycles. The molecule has 31 heavy (non-hydrogen) atoms. The number of hydrogen-bond donors (Lipinski definition) is 1. The molecule has 0 spiro atoms. The molecular weight excluding hydrogens is 388 g/mol. The van der Waals surface area contributed by atoms with E-state index in [1.165, 1.54) is 4.68 Å². The lowest BCUT2D eigenvalue weighted by atomic mass is 10.1. The maximum Gasteiger partial charge on any atom is 0.292 e. The van der Waals surface area contributed by atoms with Crippen LogP contribution in [0.2, 0.25) is 0 Å². The second-order valence-electron chi connectivity index (χ2n) is 7.30. The standard InChI is InChI=1S/C25H28N4O2/c1-3-5-7-14-20(17-19-12-8-6-9-13-19)18-26-27-24(30)23-21-15-10-11-16-22(21)25(31)29(4-2)28-23/h6,8-13,15-18H,3-5,7,14H2,1-2H3,(H,27,30)/b20-17+,26-18-. The van der Waals surface area contributed by atoms with Crippen molar-refractivity contribution in [3.8, 4) is 0 Å². The fourth-order valence-corrected chi connectivity index (χ4v) is 3.36. The first kappa shape index (κ1) is 22.2. The molecular formula is C25H28N4O2. The van der Waals surface area contributed by atoms with Gasteiger partial charge in [-0.1, -0.05) is 74.4 Å². The van der Waals surface area contributed by atoms with Gasteiger partial charge >= 0.3 is 0 Å². The molecule has 0 atom stereocenters. The van der Waals surface area contributed by atoms with Crippen molar-refractivity contribution < 1.29 is 4.79 Å². The van der Waals surface area contributed by atoms with Crippen LogP contribution in [0.15, 0.2) is 70.1 Å². The Hall–Kier alpha value is -3.54. The first-order chi connectivity index (χ1) is 15.1. The zero-order valence-corrected chi connectivity index (χ0v) is 18.0. The molecule has 0 unspecified atom stereocenters. The number of fused-ring (bicyclic) bond motifs is 1. The van der Waals surface area contributed by atoms with E-state index < -0.39 is 5.91 Å². The lowest BCUT2D eigenvalue weighted by molar-refractivity contribution is 0.0949. The molecule has 1 N–H and O–H groups in total. The summed E-state index contributed by atoms with van der Waals surface area (Å²) in [5, 5.41) is 9.43. The number of hydrogen-bond acceptors (Lipinski definition) is 4. The van der Waals surface area contributed by atoms with Crippen molar-refractivity contribution >= 4 is 29.0 Å². The van der Waals surface area contributed by atoms with Crippen molar-refractivity contribution in [1.29, 1.82) is 0 Å². The molecule has 0 radical (unpaired) electrons. The van der Waals surface area contributed by atoms with Crippen LogP contribution in [0.3, 0.4) is 0 Å². The van der Waals surface area contributed by atoms with Crippen molar-refractivity contribution in [2.24, 2.45) is 5.10 Å². The van der Waals surface area contributed by atoms with Crippen LogP contribution >= 0.6 is 0 Å². The number of benzene rings is 2. The van der Waals surface area contributed by atoms with Crippen LogP contribution in [0.25, 0.3) is 16.8 Å². The van der Waals surface area contributed by atoms with Gasteiger partial charge in [-0.3, -0.25) is 9.59 Å². The van der Waals surface area contributed by atoms with Gasteiger partial charge in [0.2, 0.25) is 0 Å². The van der Waals surface area contributed by atoms with Gasteiger partial charge in [0.15, 0.2) is 5.69 Å².